The lowest BCUT2D eigenvalue weighted by molar-refractivity contribution is -0.312. The Kier molecular flexibility index (Phi) is 7.60. The zero-order chi connectivity index (χ0) is 31.4. The van der Waals surface area contributed by atoms with Crippen molar-refractivity contribution in [1.82, 2.24) is 0 Å². The zero-order valence-corrected chi connectivity index (χ0v) is 27.1. The van der Waals surface area contributed by atoms with E-state index >= 15 is 0 Å². The second-order valence-electron chi connectivity index (χ2n) is 17.3. The van der Waals surface area contributed by atoms with E-state index in [4.69, 9.17) is 9.47 Å². The van der Waals surface area contributed by atoms with Crippen molar-refractivity contribution in [3.63, 3.8) is 0 Å². The number of carbonyl (C=O) groups is 1. The number of carboxylic acid groups (broad SMARTS) is 1. The quantitative estimate of drug-likeness (QED) is 0.231. The van der Waals surface area contributed by atoms with Crippen molar-refractivity contribution in [1.29, 1.82) is 0 Å². The van der Waals surface area contributed by atoms with Crippen LogP contribution in [-0.2, 0) is 14.3 Å². The number of aliphatic hydroxyl groups excluding tert-OH is 4. The van der Waals surface area contributed by atoms with Gasteiger partial charge in [0.05, 0.1) is 24.7 Å². The van der Waals surface area contributed by atoms with E-state index < -0.39 is 41.4 Å². The molecule has 6 rings (SSSR count). The van der Waals surface area contributed by atoms with Crippen LogP contribution >= 0.6 is 0 Å². The molecule has 1 aliphatic heterocycles. The van der Waals surface area contributed by atoms with Crippen LogP contribution in [0, 0.1) is 50.2 Å². The van der Waals surface area contributed by atoms with Gasteiger partial charge in [-0.15, -0.1) is 0 Å². The standard InChI is InChI=1S/C35H56O8/c1-30(2)13-15-35(29(40)41)16-14-33(5)20(21(35)17-30)7-8-24-31(3)11-10-25(43-28-27(39)26(38)22(37)18-42-28)32(4,19-36)23(31)9-12-34(24,33)6/h7,21-28,36-39H,8-19H2,1-6H3,(H,40,41)/t21-,22-,23+,24+,25-,26-,27+,28+,31-,32-,33+,34+,35-/m0/s1. The van der Waals surface area contributed by atoms with Gasteiger partial charge in [0, 0.05) is 5.41 Å². The normalized spacial score (nSPS) is 54.3. The average Bonchev–Trinajstić information content (AvgIpc) is 2.94. The third kappa shape index (κ3) is 4.32. The molecule has 8 nitrogen and oxygen atoms in total. The Morgan fingerprint density at radius 2 is 1.63 bits per heavy atom. The van der Waals surface area contributed by atoms with Gasteiger partial charge in [-0.1, -0.05) is 53.2 Å². The molecule has 5 N–H and O–H groups in total. The lowest BCUT2D eigenvalue weighted by atomic mass is 9.33. The van der Waals surface area contributed by atoms with E-state index in [0.717, 1.165) is 57.8 Å². The Hall–Kier alpha value is -1.03. The van der Waals surface area contributed by atoms with Crippen LogP contribution in [0.1, 0.15) is 106 Å². The Bertz CT molecular complexity index is 1150. The van der Waals surface area contributed by atoms with Crippen molar-refractivity contribution in [3.8, 4) is 0 Å². The minimum atomic E-state index is -1.36. The molecule has 0 aromatic heterocycles. The average molecular weight is 605 g/mol. The fourth-order valence-electron chi connectivity index (χ4n) is 11.9. The van der Waals surface area contributed by atoms with Crippen LogP contribution in [0.25, 0.3) is 0 Å². The van der Waals surface area contributed by atoms with Crippen LogP contribution in [0.5, 0.6) is 0 Å². The van der Waals surface area contributed by atoms with E-state index in [2.05, 4.69) is 47.6 Å². The van der Waals surface area contributed by atoms with Gasteiger partial charge in [0.25, 0.3) is 0 Å². The predicted octanol–water partition coefficient (Wildman–Crippen LogP) is 4.67. The van der Waals surface area contributed by atoms with Crippen molar-refractivity contribution in [2.75, 3.05) is 13.2 Å². The molecule has 0 amide bonds. The van der Waals surface area contributed by atoms with Gasteiger partial charge in [-0.25, -0.2) is 0 Å². The third-order valence-corrected chi connectivity index (χ3v) is 14.9. The summed E-state index contributed by atoms with van der Waals surface area (Å²) in [7, 11) is 0. The summed E-state index contributed by atoms with van der Waals surface area (Å²) in [4.78, 5) is 12.9. The molecular weight excluding hydrogens is 548 g/mol. The lowest BCUT2D eigenvalue weighted by Gasteiger charge is -2.71. The Morgan fingerprint density at radius 3 is 2.30 bits per heavy atom. The fraction of sp³-hybridized carbons (Fsp3) is 0.914. The first-order valence-corrected chi connectivity index (χ1v) is 16.9. The first-order valence-electron chi connectivity index (χ1n) is 16.9. The van der Waals surface area contributed by atoms with Crippen LogP contribution < -0.4 is 0 Å². The molecule has 0 aromatic rings. The highest BCUT2D eigenvalue weighted by Crippen LogP contribution is 2.76. The number of ether oxygens (including phenoxy) is 2. The number of hydrogen-bond acceptors (Lipinski definition) is 7. The lowest BCUT2D eigenvalue weighted by Crippen LogP contribution is -2.66. The third-order valence-electron chi connectivity index (χ3n) is 14.9. The summed E-state index contributed by atoms with van der Waals surface area (Å²) in [5, 5.41) is 52.3. The van der Waals surface area contributed by atoms with Gasteiger partial charge in [0.15, 0.2) is 6.29 Å². The molecule has 5 aliphatic carbocycles. The molecule has 5 fully saturated rings. The second kappa shape index (κ2) is 10.2. The van der Waals surface area contributed by atoms with Gasteiger partial charge in [0.1, 0.15) is 18.3 Å². The highest BCUT2D eigenvalue weighted by molar-refractivity contribution is 5.76. The zero-order valence-electron chi connectivity index (χ0n) is 27.1. The van der Waals surface area contributed by atoms with E-state index in [9.17, 15) is 30.3 Å². The molecule has 8 heteroatoms. The maximum absolute atomic E-state index is 12.9. The van der Waals surface area contributed by atoms with E-state index in [1.807, 2.05) is 0 Å². The van der Waals surface area contributed by atoms with Crippen molar-refractivity contribution >= 4 is 5.97 Å². The van der Waals surface area contributed by atoms with Crippen LogP contribution in [-0.4, -0.2) is 75.4 Å². The Balaban J connectivity index is 1.32. The Morgan fingerprint density at radius 1 is 0.930 bits per heavy atom. The van der Waals surface area contributed by atoms with Crippen LogP contribution in [0.3, 0.4) is 0 Å². The first-order chi connectivity index (χ1) is 20.0. The van der Waals surface area contributed by atoms with Crippen LogP contribution in [0.4, 0.5) is 0 Å². The molecule has 43 heavy (non-hydrogen) atoms. The van der Waals surface area contributed by atoms with Crippen molar-refractivity contribution in [2.24, 2.45) is 50.2 Å². The summed E-state index contributed by atoms with van der Waals surface area (Å²) in [6.45, 7) is 13.9. The maximum atomic E-state index is 12.9. The maximum Gasteiger partial charge on any atom is 0.310 e. The van der Waals surface area contributed by atoms with E-state index in [0.29, 0.717) is 12.3 Å². The molecule has 6 aliphatic rings. The molecule has 1 heterocycles. The number of fused-ring (bicyclic) bond motifs is 7. The minimum Gasteiger partial charge on any atom is -0.481 e. The summed E-state index contributed by atoms with van der Waals surface area (Å²) < 4.78 is 12.0. The van der Waals surface area contributed by atoms with Crippen LogP contribution in [0.2, 0.25) is 0 Å². The number of hydrogen-bond donors (Lipinski definition) is 5. The molecule has 0 bridgehead atoms. The van der Waals surface area contributed by atoms with Gasteiger partial charge in [-0.05, 0) is 104 Å². The Labute approximate surface area is 257 Å². The first kappa shape index (κ1) is 31.9. The van der Waals surface area contributed by atoms with Gasteiger partial charge < -0.3 is 35.0 Å². The molecule has 1 saturated heterocycles. The molecule has 0 unspecified atom stereocenters. The number of aliphatic carboxylic acids is 1. The molecular formula is C35H56O8. The highest BCUT2D eigenvalue weighted by Gasteiger charge is 2.70. The summed E-state index contributed by atoms with van der Waals surface area (Å²) in [5.41, 5.74) is 0.232. The SMILES string of the molecule is CC1(C)CC[C@]2(C(=O)O)CC[C@]3(C)C(=CC[C@@H]4[C@@]5(C)CC[C@H](O[C@H]6OC[C@H](O)[C@H](O)[C@H]6O)[C@@](C)(CO)[C@@H]5CC[C@]43C)[C@@H]2C1. The van der Waals surface area contributed by atoms with E-state index in [-0.39, 0.29) is 52.8 Å². The fourth-order valence-corrected chi connectivity index (χ4v) is 11.9. The number of allylic oxidation sites excluding steroid dienone is 2. The van der Waals surface area contributed by atoms with Gasteiger partial charge >= 0.3 is 5.97 Å². The van der Waals surface area contributed by atoms with Crippen molar-refractivity contribution in [2.45, 2.75) is 136 Å². The summed E-state index contributed by atoms with van der Waals surface area (Å²) in [5.74, 6) is 0.0529. The van der Waals surface area contributed by atoms with Gasteiger partial charge in [0.2, 0.25) is 0 Å². The van der Waals surface area contributed by atoms with E-state index in [1.165, 1.54) is 5.57 Å². The van der Waals surface area contributed by atoms with Crippen molar-refractivity contribution in [3.05, 3.63) is 11.6 Å². The highest BCUT2D eigenvalue weighted by atomic mass is 16.7. The van der Waals surface area contributed by atoms with Crippen molar-refractivity contribution < 1.29 is 39.8 Å². The summed E-state index contributed by atoms with van der Waals surface area (Å²) >= 11 is 0. The molecule has 4 saturated carbocycles. The molecule has 0 spiro atoms. The molecule has 0 aromatic carbocycles. The molecule has 244 valence electrons. The van der Waals surface area contributed by atoms with E-state index in [1.54, 1.807) is 0 Å². The summed E-state index contributed by atoms with van der Waals surface area (Å²) in [6, 6.07) is 0. The second-order valence-corrected chi connectivity index (χ2v) is 17.3. The monoisotopic (exact) mass is 604 g/mol. The van der Waals surface area contributed by atoms with Gasteiger partial charge in [-0.3, -0.25) is 4.79 Å². The topological polar surface area (TPSA) is 137 Å². The largest absolute Gasteiger partial charge is 0.481 e. The number of carboxylic acids is 1. The van der Waals surface area contributed by atoms with Gasteiger partial charge in [-0.2, -0.15) is 0 Å². The minimum absolute atomic E-state index is 0.0154. The summed E-state index contributed by atoms with van der Waals surface area (Å²) in [6.07, 6.45) is 6.03. The smallest absolute Gasteiger partial charge is 0.310 e. The number of rotatable bonds is 4. The van der Waals surface area contributed by atoms with Crippen LogP contribution in [0.15, 0.2) is 11.6 Å². The number of aliphatic hydroxyl groups is 4. The molecule has 0 radical (unpaired) electrons. The predicted molar refractivity (Wildman–Crippen MR) is 161 cm³/mol. The molecule has 13 atom stereocenters.